The smallest absolute Gasteiger partial charge is 0.408 e. The molecule has 0 fully saturated rings. The molecule has 0 aliphatic rings. The van der Waals surface area contributed by atoms with E-state index in [1.807, 2.05) is 55.9 Å². The number of nitrogens with zero attached hydrogens (tertiary/aromatic N) is 1. The summed E-state index contributed by atoms with van der Waals surface area (Å²) in [5.74, 6) is 0. The van der Waals surface area contributed by atoms with Crippen molar-refractivity contribution < 1.29 is 14.1 Å². The molecule has 2 rings (SSSR count). The average molecular weight is 368 g/mol. The van der Waals surface area contributed by atoms with Crippen LogP contribution in [0.4, 0.5) is 4.79 Å². The first-order chi connectivity index (χ1) is 12.8. The van der Waals surface area contributed by atoms with E-state index < -0.39 is 11.6 Å². The highest BCUT2D eigenvalue weighted by atomic mass is 16.5. The van der Waals surface area contributed by atoms with Gasteiger partial charge in [-0.15, -0.1) is 0 Å². The van der Waals surface area contributed by atoms with Crippen LogP contribution in [0.2, 0.25) is 0 Å². The summed E-state index contributed by atoms with van der Waals surface area (Å²) in [7, 11) is 0. The lowest BCUT2D eigenvalue weighted by Gasteiger charge is -2.27. The molecule has 0 radical (unpaired) electrons. The van der Waals surface area contributed by atoms with Gasteiger partial charge in [0.05, 0.1) is 5.54 Å². The molecule has 0 saturated heterocycles. The maximum atomic E-state index is 12.2. The van der Waals surface area contributed by atoms with Gasteiger partial charge in [-0.05, 0) is 49.9 Å². The quantitative estimate of drug-likeness (QED) is 0.692. The number of ether oxygens (including phenoxy) is 1. The van der Waals surface area contributed by atoms with E-state index in [9.17, 15) is 4.79 Å². The topological polar surface area (TPSA) is 42.2 Å². The molecular weight excluding hydrogens is 336 g/mol. The maximum Gasteiger partial charge on any atom is 0.408 e. The van der Waals surface area contributed by atoms with Crippen LogP contribution in [0, 0.1) is 0 Å². The number of hydrogen-bond acceptors (Lipinski definition) is 2. The summed E-state index contributed by atoms with van der Waals surface area (Å²) in [6, 6.07) is 12.3. The van der Waals surface area contributed by atoms with Crippen LogP contribution in [-0.4, -0.2) is 12.7 Å². The summed E-state index contributed by atoms with van der Waals surface area (Å²) in [6.07, 6.45) is 5.86. The summed E-state index contributed by atoms with van der Waals surface area (Å²) >= 11 is 0. The van der Waals surface area contributed by atoms with Gasteiger partial charge in [0.2, 0.25) is 0 Å². The SMILES string of the molecule is C=C(C)c1cccc(C(C)(C)NC(=O)OCC[n+]2ccc(CCC)cc2)c1. The Morgan fingerprint density at radius 3 is 2.56 bits per heavy atom. The molecule has 0 aliphatic heterocycles. The van der Waals surface area contributed by atoms with Crippen molar-refractivity contribution in [1.82, 2.24) is 5.32 Å². The highest BCUT2D eigenvalue weighted by molar-refractivity contribution is 5.69. The molecule has 1 aromatic heterocycles. The van der Waals surface area contributed by atoms with E-state index in [0.717, 1.165) is 29.5 Å². The molecule has 2 aromatic rings. The molecule has 0 aliphatic carbocycles. The lowest BCUT2D eigenvalue weighted by atomic mass is 9.92. The van der Waals surface area contributed by atoms with Crippen molar-refractivity contribution in [1.29, 1.82) is 0 Å². The zero-order chi connectivity index (χ0) is 19.9. The van der Waals surface area contributed by atoms with Gasteiger partial charge < -0.3 is 10.1 Å². The number of allylic oxidation sites excluding steroid dienone is 1. The number of carbonyl (C=O) groups is 1. The van der Waals surface area contributed by atoms with Crippen molar-refractivity contribution in [3.8, 4) is 0 Å². The van der Waals surface area contributed by atoms with Crippen LogP contribution in [-0.2, 0) is 23.2 Å². The lowest BCUT2D eigenvalue weighted by molar-refractivity contribution is -0.697. The minimum atomic E-state index is -0.530. The second-order valence-corrected chi connectivity index (χ2v) is 7.44. The van der Waals surface area contributed by atoms with Gasteiger partial charge in [0.1, 0.15) is 0 Å². The van der Waals surface area contributed by atoms with Gasteiger partial charge in [-0.1, -0.05) is 43.7 Å². The Labute approximate surface area is 162 Å². The van der Waals surface area contributed by atoms with E-state index >= 15 is 0 Å². The van der Waals surface area contributed by atoms with Gasteiger partial charge in [-0.3, -0.25) is 0 Å². The van der Waals surface area contributed by atoms with E-state index in [4.69, 9.17) is 4.74 Å². The lowest BCUT2D eigenvalue weighted by Crippen LogP contribution is -2.43. The Bertz CT molecular complexity index is 779. The first-order valence-electron chi connectivity index (χ1n) is 9.51. The molecule has 1 amide bonds. The normalized spacial score (nSPS) is 11.1. The highest BCUT2D eigenvalue weighted by Gasteiger charge is 2.24. The van der Waals surface area contributed by atoms with Crippen molar-refractivity contribution in [3.05, 3.63) is 72.1 Å². The molecule has 144 valence electrons. The molecule has 0 saturated carbocycles. The van der Waals surface area contributed by atoms with Crippen molar-refractivity contribution >= 4 is 11.7 Å². The van der Waals surface area contributed by atoms with Crippen LogP contribution in [0.1, 0.15) is 50.8 Å². The predicted molar refractivity (Wildman–Crippen MR) is 109 cm³/mol. The zero-order valence-corrected chi connectivity index (χ0v) is 16.9. The number of amides is 1. The predicted octanol–water partition coefficient (Wildman–Crippen LogP) is 4.62. The number of rotatable bonds is 8. The number of nitrogens with one attached hydrogen (secondary N) is 1. The second-order valence-electron chi connectivity index (χ2n) is 7.44. The van der Waals surface area contributed by atoms with Crippen molar-refractivity contribution in [2.45, 2.75) is 52.6 Å². The van der Waals surface area contributed by atoms with Gasteiger partial charge in [0.15, 0.2) is 25.5 Å². The monoisotopic (exact) mass is 367 g/mol. The number of carbonyl (C=O) groups excluding carboxylic acids is 1. The highest BCUT2D eigenvalue weighted by Crippen LogP contribution is 2.23. The van der Waals surface area contributed by atoms with E-state index in [0.29, 0.717) is 13.2 Å². The molecule has 0 atom stereocenters. The fraction of sp³-hybridized carbons (Fsp3) is 0.391. The van der Waals surface area contributed by atoms with Gasteiger partial charge in [-0.2, -0.15) is 0 Å². The molecule has 27 heavy (non-hydrogen) atoms. The first-order valence-corrected chi connectivity index (χ1v) is 9.51. The van der Waals surface area contributed by atoms with Crippen LogP contribution in [0.25, 0.3) is 5.57 Å². The standard InChI is InChI=1S/C23H30N2O2/c1-6-8-19-11-13-25(14-12-19)15-16-27-22(26)24-23(4,5)21-10-7-9-20(17-21)18(2)3/h7,9-14,17H,2,6,8,15-16H2,1,3-5H3/p+1. The Hall–Kier alpha value is -2.62. The largest absolute Gasteiger partial charge is 0.443 e. The van der Waals surface area contributed by atoms with Crippen molar-refractivity contribution in [2.75, 3.05) is 6.61 Å². The number of aryl methyl sites for hydroxylation is 1. The summed E-state index contributed by atoms with van der Waals surface area (Å²) < 4.78 is 7.39. The number of pyridine rings is 1. The number of aromatic nitrogens is 1. The summed E-state index contributed by atoms with van der Waals surface area (Å²) in [6.45, 7) is 13.0. The minimum absolute atomic E-state index is 0.325. The molecule has 0 spiro atoms. The molecule has 0 bridgehead atoms. The third-order valence-electron chi connectivity index (χ3n) is 4.57. The number of alkyl carbamates (subject to hydrolysis) is 1. The molecule has 1 heterocycles. The number of hydrogen-bond donors (Lipinski definition) is 1. The van der Waals surface area contributed by atoms with Crippen LogP contribution >= 0.6 is 0 Å². The van der Waals surface area contributed by atoms with Crippen LogP contribution in [0.3, 0.4) is 0 Å². The van der Waals surface area contributed by atoms with E-state index in [1.165, 1.54) is 5.56 Å². The van der Waals surface area contributed by atoms with Crippen LogP contribution in [0.15, 0.2) is 55.4 Å². The first kappa shape index (κ1) is 20.7. The maximum absolute atomic E-state index is 12.2. The summed E-state index contributed by atoms with van der Waals surface area (Å²) in [4.78, 5) is 12.2. The molecule has 4 heteroatoms. The molecule has 1 N–H and O–H groups in total. The van der Waals surface area contributed by atoms with E-state index in [-0.39, 0.29) is 0 Å². The third-order valence-corrected chi connectivity index (χ3v) is 4.57. The van der Waals surface area contributed by atoms with E-state index in [1.54, 1.807) is 0 Å². The molecular formula is C23H31N2O2+. The van der Waals surface area contributed by atoms with Crippen molar-refractivity contribution in [2.24, 2.45) is 0 Å². The van der Waals surface area contributed by atoms with Crippen molar-refractivity contribution in [3.63, 3.8) is 0 Å². The Morgan fingerprint density at radius 2 is 1.93 bits per heavy atom. The van der Waals surface area contributed by atoms with Crippen LogP contribution < -0.4 is 9.88 Å². The number of benzene rings is 1. The van der Waals surface area contributed by atoms with Gasteiger partial charge >= 0.3 is 6.09 Å². The Morgan fingerprint density at radius 1 is 1.22 bits per heavy atom. The third kappa shape index (κ3) is 6.24. The second kappa shape index (κ2) is 9.36. The summed E-state index contributed by atoms with van der Waals surface area (Å²) in [5.41, 5.74) is 3.88. The Kier molecular flexibility index (Phi) is 7.17. The fourth-order valence-electron chi connectivity index (χ4n) is 2.87. The summed E-state index contributed by atoms with van der Waals surface area (Å²) in [5, 5.41) is 2.95. The van der Waals surface area contributed by atoms with Gasteiger partial charge in [0.25, 0.3) is 0 Å². The Balaban J connectivity index is 1.87. The van der Waals surface area contributed by atoms with Gasteiger partial charge in [0, 0.05) is 12.1 Å². The molecule has 0 unspecified atom stereocenters. The van der Waals surface area contributed by atoms with E-state index in [2.05, 4.69) is 37.0 Å². The van der Waals surface area contributed by atoms with Crippen LogP contribution in [0.5, 0.6) is 0 Å². The molecule has 1 aromatic carbocycles. The fourth-order valence-corrected chi connectivity index (χ4v) is 2.87. The average Bonchev–Trinajstić information content (AvgIpc) is 2.63. The zero-order valence-electron chi connectivity index (χ0n) is 16.9. The van der Waals surface area contributed by atoms with Gasteiger partial charge in [-0.25, -0.2) is 9.36 Å². The minimum Gasteiger partial charge on any atom is -0.443 e. The molecule has 4 nitrogen and oxygen atoms in total.